The van der Waals surface area contributed by atoms with E-state index in [2.05, 4.69) is 10.3 Å². The highest BCUT2D eigenvalue weighted by atomic mass is 35.5. The minimum atomic E-state index is -0.796. The number of carbonyl (C=O) groups excluding carboxylic acids is 2. The van der Waals surface area contributed by atoms with E-state index in [1.807, 2.05) is 12.1 Å². The lowest BCUT2D eigenvalue weighted by atomic mass is 10.2. The number of ketones is 1. The van der Waals surface area contributed by atoms with Crippen molar-refractivity contribution in [2.75, 3.05) is 10.7 Å². The number of aromatic nitrogens is 2. The molecule has 0 unspecified atom stereocenters. The third-order valence-corrected chi connectivity index (χ3v) is 7.15. The van der Waals surface area contributed by atoms with E-state index < -0.39 is 17.3 Å². The van der Waals surface area contributed by atoms with Crippen molar-refractivity contribution in [1.29, 1.82) is 0 Å². The number of H-pyrrole nitrogens is 1. The molecule has 11 heteroatoms. The first-order chi connectivity index (χ1) is 17.9. The molecule has 1 N–H and O–H groups in total. The van der Waals surface area contributed by atoms with E-state index in [9.17, 15) is 14.4 Å². The van der Waals surface area contributed by atoms with Gasteiger partial charge in [0.2, 0.25) is 11.5 Å². The maximum Gasteiger partial charge on any atom is 0.438 e. The van der Waals surface area contributed by atoms with Crippen molar-refractivity contribution < 1.29 is 18.8 Å². The topological polar surface area (TPSA) is 99.6 Å². The number of thioether (sulfide) groups is 1. The molecule has 0 aliphatic carbocycles. The zero-order chi connectivity index (χ0) is 25.9. The Balaban J connectivity index is 1.46. The molecule has 0 saturated heterocycles. The molecule has 1 aromatic heterocycles. The SMILES string of the molecule is O=C(CSC1=N/C(=C/c2cccc(Cl)c2Cl)C(=O)N1c1ccccc1)c1c(=O)o[nH][n+]1-c1ccccc1. The smallest absolute Gasteiger partial charge is 0.286 e. The van der Waals surface area contributed by atoms with Crippen LogP contribution in [-0.2, 0) is 4.79 Å². The Morgan fingerprint density at radius 3 is 2.43 bits per heavy atom. The number of hydrogen-bond donors (Lipinski definition) is 1. The van der Waals surface area contributed by atoms with E-state index in [0.29, 0.717) is 27.0 Å². The number of benzene rings is 3. The Hall–Kier alpha value is -3.92. The molecule has 2 heterocycles. The van der Waals surface area contributed by atoms with Gasteiger partial charge >= 0.3 is 11.3 Å². The van der Waals surface area contributed by atoms with Crippen molar-refractivity contribution in [2.24, 2.45) is 4.99 Å². The number of nitrogens with zero attached hydrogens (tertiary/aromatic N) is 3. The van der Waals surface area contributed by atoms with Gasteiger partial charge in [-0.2, -0.15) is 0 Å². The van der Waals surface area contributed by atoms with Crippen molar-refractivity contribution in [2.45, 2.75) is 0 Å². The summed E-state index contributed by atoms with van der Waals surface area (Å²) in [7, 11) is 0. The van der Waals surface area contributed by atoms with Crippen LogP contribution in [0, 0.1) is 0 Å². The molecular weight excluding hydrogens is 535 g/mol. The van der Waals surface area contributed by atoms with Crippen LogP contribution in [0.4, 0.5) is 5.69 Å². The Kier molecular flexibility index (Phi) is 7.09. The molecule has 184 valence electrons. The molecule has 37 heavy (non-hydrogen) atoms. The lowest BCUT2D eigenvalue weighted by Gasteiger charge is -2.17. The number of amidine groups is 1. The number of aromatic amines is 1. The quantitative estimate of drug-likeness (QED) is 0.208. The van der Waals surface area contributed by atoms with Gasteiger partial charge in [-0.15, -0.1) is 0 Å². The second kappa shape index (κ2) is 10.6. The van der Waals surface area contributed by atoms with Crippen LogP contribution in [0.2, 0.25) is 10.0 Å². The summed E-state index contributed by atoms with van der Waals surface area (Å²) < 4.78 is 6.17. The number of anilines is 1. The molecule has 3 aromatic carbocycles. The summed E-state index contributed by atoms with van der Waals surface area (Å²) in [5.41, 5.74) is 0.831. The fourth-order valence-electron chi connectivity index (χ4n) is 3.65. The van der Waals surface area contributed by atoms with Crippen LogP contribution in [0.25, 0.3) is 11.8 Å². The normalized spacial score (nSPS) is 14.3. The third kappa shape index (κ3) is 5.01. The molecule has 4 aromatic rings. The third-order valence-electron chi connectivity index (χ3n) is 5.38. The summed E-state index contributed by atoms with van der Waals surface area (Å²) in [6, 6.07) is 22.8. The highest BCUT2D eigenvalue weighted by Crippen LogP contribution is 2.32. The molecule has 1 amide bonds. The monoisotopic (exact) mass is 551 g/mol. The Morgan fingerprint density at radius 1 is 1.00 bits per heavy atom. The van der Waals surface area contributed by atoms with E-state index in [4.69, 9.17) is 27.7 Å². The van der Waals surface area contributed by atoms with Gasteiger partial charge in [0, 0.05) is 12.1 Å². The highest BCUT2D eigenvalue weighted by Gasteiger charge is 2.35. The zero-order valence-corrected chi connectivity index (χ0v) is 21.3. The van der Waals surface area contributed by atoms with Crippen molar-refractivity contribution in [3.8, 4) is 5.69 Å². The van der Waals surface area contributed by atoms with Crippen molar-refractivity contribution in [1.82, 2.24) is 5.27 Å². The number of nitrogens with one attached hydrogen (secondary N) is 1. The summed E-state index contributed by atoms with van der Waals surface area (Å²) in [6.45, 7) is 0. The molecule has 0 spiro atoms. The van der Waals surface area contributed by atoms with Crippen LogP contribution in [0.15, 0.2) is 98.9 Å². The number of aliphatic imine (C=N–C) groups is 1. The second-order valence-corrected chi connectivity index (χ2v) is 9.48. The van der Waals surface area contributed by atoms with Crippen molar-refractivity contribution >= 4 is 63.6 Å². The van der Waals surface area contributed by atoms with Crippen molar-refractivity contribution in [3.05, 3.63) is 116 Å². The first-order valence-corrected chi connectivity index (χ1v) is 12.7. The first kappa shape index (κ1) is 24.8. The van der Waals surface area contributed by atoms with Crippen LogP contribution in [-0.4, -0.2) is 27.9 Å². The standard InChI is InChI=1S/C26H16Cl2N4O4S/c27-19-13-7-8-16(22(19)28)14-20-24(34)31(17-9-3-1-4-10-17)26(29-20)37-15-21(33)23-25(35)36-30-32(23)18-11-5-2-6-12-18/h1-14H,15H2/p+1/b20-14+. The summed E-state index contributed by atoms with van der Waals surface area (Å²) in [4.78, 5) is 44.7. The summed E-state index contributed by atoms with van der Waals surface area (Å²) in [5.74, 6) is -1.06. The van der Waals surface area contributed by atoms with Gasteiger partial charge in [0.15, 0.2) is 5.17 Å². The van der Waals surface area contributed by atoms with Gasteiger partial charge in [-0.25, -0.2) is 9.79 Å². The molecule has 0 radical (unpaired) electrons. The van der Waals surface area contributed by atoms with Gasteiger partial charge in [0.1, 0.15) is 5.70 Å². The Bertz CT molecular complexity index is 1610. The van der Waals surface area contributed by atoms with Gasteiger partial charge in [-0.1, -0.05) is 83.5 Å². The Labute approximate surface area is 224 Å². The molecule has 1 aliphatic heterocycles. The average molecular weight is 552 g/mol. The Morgan fingerprint density at radius 2 is 1.70 bits per heavy atom. The van der Waals surface area contributed by atoms with Crippen LogP contribution in [0.1, 0.15) is 16.1 Å². The lowest BCUT2D eigenvalue weighted by Crippen LogP contribution is -2.41. The molecule has 0 atom stereocenters. The predicted molar refractivity (Wildman–Crippen MR) is 143 cm³/mol. The molecule has 0 bridgehead atoms. The zero-order valence-electron chi connectivity index (χ0n) is 18.9. The molecular formula is C26H17Cl2N4O4S+. The molecule has 1 aliphatic rings. The number of halogens is 2. The van der Waals surface area contributed by atoms with Gasteiger partial charge in [0.25, 0.3) is 5.91 Å². The summed E-state index contributed by atoms with van der Waals surface area (Å²) in [5, 5.41) is 3.38. The number of rotatable bonds is 6. The van der Waals surface area contributed by atoms with Crippen LogP contribution in [0.3, 0.4) is 0 Å². The lowest BCUT2D eigenvalue weighted by molar-refractivity contribution is -0.672. The molecule has 0 fully saturated rings. The van der Waals surface area contributed by atoms with Gasteiger partial charge in [-0.3, -0.25) is 19.0 Å². The number of hydrogen-bond acceptors (Lipinski definition) is 6. The number of carbonyl (C=O) groups is 2. The average Bonchev–Trinajstić information content (AvgIpc) is 3.45. The maximum absolute atomic E-state index is 13.4. The molecule has 0 saturated carbocycles. The van der Waals surface area contributed by atoms with E-state index in [-0.39, 0.29) is 22.3 Å². The maximum atomic E-state index is 13.4. The predicted octanol–water partition coefficient (Wildman–Crippen LogP) is 4.91. The van der Waals surface area contributed by atoms with Crippen LogP contribution < -0.4 is 15.2 Å². The number of para-hydroxylation sites is 2. The summed E-state index contributed by atoms with van der Waals surface area (Å²) >= 11 is 13.5. The fourth-order valence-corrected chi connectivity index (χ4v) is 4.88. The largest absolute Gasteiger partial charge is 0.438 e. The first-order valence-electron chi connectivity index (χ1n) is 10.9. The minimum Gasteiger partial charge on any atom is -0.286 e. The molecule has 5 rings (SSSR count). The second-order valence-electron chi connectivity index (χ2n) is 7.76. The van der Waals surface area contributed by atoms with Crippen molar-refractivity contribution in [3.63, 3.8) is 0 Å². The van der Waals surface area contributed by atoms with E-state index in [1.165, 1.54) is 9.58 Å². The van der Waals surface area contributed by atoms with Gasteiger partial charge in [-0.05, 0) is 39.8 Å². The van der Waals surface area contributed by atoms with E-state index in [0.717, 1.165) is 11.8 Å². The summed E-state index contributed by atoms with van der Waals surface area (Å²) in [6.07, 6.45) is 1.55. The van der Waals surface area contributed by atoms with Gasteiger partial charge < -0.3 is 0 Å². The fraction of sp³-hybridized carbons (Fsp3) is 0.0385. The highest BCUT2D eigenvalue weighted by molar-refractivity contribution is 8.14. The number of amides is 1. The van der Waals surface area contributed by atoms with E-state index >= 15 is 0 Å². The van der Waals surface area contributed by atoms with Crippen LogP contribution >= 0.6 is 35.0 Å². The van der Waals surface area contributed by atoms with E-state index in [1.54, 1.807) is 72.8 Å². The van der Waals surface area contributed by atoms with Crippen LogP contribution in [0.5, 0.6) is 0 Å². The van der Waals surface area contributed by atoms with Gasteiger partial charge in [0.05, 0.1) is 21.5 Å². The number of Topliss-reactive ketones (excluding diaryl/α,β-unsaturated/α-hetero) is 1. The minimum absolute atomic E-state index is 0.128. The molecule has 8 nitrogen and oxygen atoms in total.